The van der Waals surface area contributed by atoms with Gasteiger partial charge in [0, 0.05) is 55.0 Å². The van der Waals surface area contributed by atoms with E-state index in [1.165, 1.54) is 0 Å². The monoisotopic (exact) mass is 629 g/mol. The number of aliphatic hydroxyl groups excluding tert-OH is 1. The number of ether oxygens (including phenoxy) is 1. The van der Waals surface area contributed by atoms with Gasteiger partial charge in [-0.15, -0.1) is 11.7 Å². The molecule has 2 aromatic carbocycles. The van der Waals surface area contributed by atoms with Gasteiger partial charge in [-0.2, -0.15) is 0 Å². The van der Waals surface area contributed by atoms with Crippen molar-refractivity contribution in [1.82, 2.24) is 15.0 Å². The number of aliphatic hydroxyl groups is 1. The molecule has 1 unspecified atom stereocenters. The zero-order valence-electron chi connectivity index (χ0n) is 26.3. The smallest absolute Gasteiger partial charge is 0.264 e. The third kappa shape index (κ3) is 5.45. The number of hydrogen-bond donors (Lipinski definition) is 2. The highest BCUT2D eigenvalue weighted by molar-refractivity contribution is 6.71. The van der Waals surface area contributed by atoms with Gasteiger partial charge >= 0.3 is 0 Å². The first-order valence-electron chi connectivity index (χ1n) is 15.9. The Morgan fingerprint density at radius 3 is 2.64 bits per heavy atom. The standard InChI is InChI=1S/C34H43N5O5Si/c1-5-17-39-29-15-14-25(38-18-10-9-13-31(38)41)20-27(29)34(33(39)42)23(2)32(45(3,4)43)30(44-34)16-19-37-21-28(35-36-37)26(22-40)24-11-7-6-8-12-24/h5-8,11-12,14-15,20-21,23,26,30,32,40,43H,1,9-10,13,16-19,22H2,2-4H3/t23-,26?,30+,32-,34+/m0/s1. The van der Waals surface area contributed by atoms with Gasteiger partial charge in [0.2, 0.25) is 5.91 Å². The lowest BCUT2D eigenvalue weighted by Crippen LogP contribution is -2.46. The van der Waals surface area contributed by atoms with Gasteiger partial charge in [-0.3, -0.25) is 14.3 Å². The van der Waals surface area contributed by atoms with Gasteiger partial charge in [0.05, 0.1) is 30.0 Å². The number of amides is 2. The molecule has 2 saturated heterocycles. The second-order valence-electron chi connectivity index (χ2n) is 13.1. The van der Waals surface area contributed by atoms with Crippen molar-refractivity contribution in [2.45, 2.75) is 75.4 Å². The highest BCUT2D eigenvalue weighted by Crippen LogP contribution is 2.60. The first-order valence-corrected chi connectivity index (χ1v) is 19.0. The van der Waals surface area contributed by atoms with Crippen LogP contribution in [0, 0.1) is 5.92 Å². The van der Waals surface area contributed by atoms with E-state index in [-0.39, 0.29) is 35.8 Å². The number of rotatable bonds is 10. The van der Waals surface area contributed by atoms with Crippen molar-refractivity contribution in [3.05, 3.63) is 84.2 Å². The van der Waals surface area contributed by atoms with E-state index in [0.29, 0.717) is 38.2 Å². The number of carbonyl (C=O) groups is 2. The molecule has 11 heteroatoms. The van der Waals surface area contributed by atoms with Gasteiger partial charge in [-0.05, 0) is 56.1 Å². The fraction of sp³-hybridized carbons (Fsp3) is 0.471. The highest BCUT2D eigenvalue weighted by Gasteiger charge is 2.66. The molecule has 3 aliphatic rings. The van der Waals surface area contributed by atoms with Gasteiger partial charge < -0.3 is 24.4 Å². The molecule has 0 radical (unpaired) electrons. The maximum absolute atomic E-state index is 14.4. The second-order valence-corrected chi connectivity index (χ2v) is 17.1. The molecule has 0 saturated carbocycles. The minimum atomic E-state index is -2.85. The van der Waals surface area contributed by atoms with E-state index in [1.807, 2.05) is 79.6 Å². The van der Waals surface area contributed by atoms with Crippen LogP contribution in [-0.2, 0) is 26.5 Å². The van der Waals surface area contributed by atoms with E-state index < -0.39 is 20.0 Å². The zero-order chi connectivity index (χ0) is 31.9. The van der Waals surface area contributed by atoms with E-state index in [4.69, 9.17) is 4.74 Å². The average Bonchev–Trinajstić information content (AvgIpc) is 3.68. The van der Waals surface area contributed by atoms with Crippen LogP contribution in [0.25, 0.3) is 0 Å². The van der Waals surface area contributed by atoms with Crippen LogP contribution in [0.5, 0.6) is 0 Å². The largest absolute Gasteiger partial charge is 0.432 e. The third-order valence-corrected chi connectivity index (χ3v) is 12.4. The number of benzene rings is 2. The summed E-state index contributed by atoms with van der Waals surface area (Å²) >= 11 is 0. The molecule has 4 heterocycles. The minimum absolute atomic E-state index is 0.0884. The predicted octanol–water partition coefficient (Wildman–Crippen LogP) is 4.34. The first kappa shape index (κ1) is 31.3. The molecule has 10 nitrogen and oxygen atoms in total. The molecule has 238 valence electrons. The van der Waals surface area contributed by atoms with Crippen LogP contribution in [-0.4, -0.2) is 70.8 Å². The zero-order valence-corrected chi connectivity index (χ0v) is 27.3. The molecule has 45 heavy (non-hydrogen) atoms. The Morgan fingerprint density at radius 2 is 1.96 bits per heavy atom. The molecule has 6 rings (SSSR count). The molecule has 1 aromatic heterocycles. The van der Waals surface area contributed by atoms with Gasteiger partial charge in [-0.25, -0.2) is 0 Å². The summed E-state index contributed by atoms with van der Waals surface area (Å²) in [6.45, 7) is 11.1. The average molecular weight is 630 g/mol. The Hall–Kier alpha value is -3.64. The van der Waals surface area contributed by atoms with Crippen molar-refractivity contribution in [3.8, 4) is 0 Å². The SMILES string of the molecule is C=CCN1C(=O)[C@]2(O[C@H](CCn3cc(C(CO)c4ccccc4)nn3)[C@@H]([Si](C)(C)O)[C@@H]2C)c2cc(N3CCCCC3=O)ccc21. The Kier molecular flexibility index (Phi) is 8.55. The topological polar surface area (TPSA) is 121 Å². The van der Waals surface area contributed by atoms with Crippen molar-refractivity contribution in [2.24, 2.45) is 5.92 Å². The van der Waals surface area contributed by atoms with E-state index >= 15 is 0 Å². The lowest BCUT2D eigenvalue weighted by molar-refractivity contribution is -0.145. The lowest BCUT2D eigenvalue weighted by atomic mass is 9.82. The van der Waals surface area contributed by atoms with Crippen LogP contribution in [0.4, 0.5) is 11.4 Å². The number of aromatic nitrogens is 3. The lowest BCUT2D eigenvalue weighted by Gasteiger charge is -2.33. The quantitative estimate of drug-likeness (QED) is 0.253. The summed E-state index contributed by atoms with van der Waals surface area (Å²) in [6, 6.07) is 15.5. The Balaban J connectivity index is 1.32. The van der Waals surface area contributed by atoms with Crippen molar-refractivity contribution < 1.29 is 24.2 Å². The van der Waals surface area contributed by atoms with Gasteiger partial charge in [0.15, 0.2) is 13.9 Å². The molecule has 2 amide bonds. The molecule has 3 aliphatic heterocycles. The number of fused-ring (bicyclic) bond motifs is 2. The second kappa shape index (κ2) is 12.3. The number of piperidine rings is 1. The number of anilines is 2. The Labute approximate surface area is 265 Å². The van der Waals surface area contributed by atoms with Crippen LogP contribution >= 0.6 is 0 Å². The minimum Gasteiger partial charge on any atom is -0.432 e. The first-order chi connectivity index (χ1) is 21.6. The van der Waals surface area contributed by atoms with Gasteiger partial charge in [0.1, 0.15) is 0 Å². The maximum atomic E-state index is 14.4. The van der Waals surface area contributed by atoms with Crippen LogP contribution in [0.2, 0.25) is 18.6 Å². The highest BCUT2D eigenvalue weighted by atomic mass is 28.4. The molecular weight excluding hydrogens is 586 g/mol. The Bertz CT molecular complexity index is 1570. The van der Waals surface area contributed by atoms with Crippen molar-refractivity contribution in [2.75, 3.05) is 29.5 Å². The fourth-order valence-corrected chi connectivity index (χ4v) is 10.4. The molecule has 5 atom stereocenters. The van der Waals surface area contributed by atoms with Crippen LogP contribution in [0.15, 0.2) is 67.4 Å². The van der Waals surface area contributed by atoms with Crippen LogP contribution in [0.3, 0.4) is 0 Å². The maximum Gasteiger partial charge on any atom is 0.264 e. The van der Waals surface area contributed by atoms with Gasteiger partial charge in [-0.1, -0.05) is 48.5 Å². The van der Waals surface area contributed by atoms with Crippen LogP contribution in [0.1, 0.15) is 55.3 Å². The van der Waals surface area contributed by atoms with E-state index in [0.717, 1.165) is 35.3 Å². The molecule has 2 fully saturated rings. The summed E-state index contributed by atoms with van der Waals surface area (Å²) in [5.41, 5.74) is 2.38. The van der Waals surface area contributed by atoms with E-state index in [1.54, 1.807) is 15.7 Å². The Morgan fingerprint density at radius 1 is 1.18 bits per heavy atom. The summed E-state index contributed by atoms with van der Waals surface area (Å²) in [6.07, 6.45) is 5.99. The molecule has 1 spiro atoms. The number of carbonyl (C=O) groups excluding carboxylic acids is 2. The number of hydrogen-bond acceptors (Lipinski definition) is 7. The molecule has 2 N–H and O–H groups in total. The van der Waals surface area contributed by atoms with Gasteiger partial charge in [0.25, 0.3) is 5.91 Å². The summed E-state index contributed by atoms with van der Waals surface area (Å²) in [7, 11) is -2.85. The number of nitrogens with zero attached hydrogens (tertiary/aromatic N) is 5. The van der Waals surface area contributed by atoms with Crippen molar-refractivity contribution in [3.63, 3.8) is 0 Å². The predicted molar refractivity (Wildman–Crippen MR) is 174 cm³/mol. The van der Waals surface area contributed by atoms with Crippen LogP contribution < -0.4 is 9.80 Å². The third-order valence-electron chi connectivity index (χ3n) is 9.85. The van der Waals surface area contributed by atoms with E-state index in [2.05, 4.69) is 16.9 Å². The molecular formula is C34H43N5O5Si. The summed E-state index contributed by atoms with van der Waals surface area (Å²) in [5, 5.41) is 18.8. The summed E-state index contributed by atoms with van der Waals surface area (Å²) in [5.74, 6) is -0.669. The molecule has 0 aliphatic carbocycles. The molecule has 0 bridgehead atoms. The summed E-state index contributed by atoms with van der Waals surface area (Å²) in [4.78, 5) is 42.4. The van der Waals surface area contributed by atoms with E-state index in [9.17, 15) is 19.5 Å². The normalized spacial score (nSPS) is 25.7. The number of aryl methyl sites for hydroxylation is 1. The summed E-state index contributed by atoms with van der Waals surface area (Å²) < 4.78 is 8.70. The fourth-order valence-electron chi connectivity index (χ4n) is 7.79. The van der Waals surface area contributed by atoms with Crippen molar-refractivity contribution >= 4 is 31.5 Å². The van der Waals surface area contributed by atoms with Crippen molar-refractivity contribution in [1.29, 1.82) is 0 Å². The molecule has 3 aromatic rings.